The summed E-state index contributed by atoms with van der Waals surface area (Å²) in [5, 5.41) is 0. The summed E-state index contributed by atoms with van der Waals surface area (Å²) in [7, 11) is 0. The van der Waals surface area contributed by atoms with Crippen LogP contribution in [0.2, 0.25) is 0 Å². The van der Waals surface area contributed by atoms with Crippen LogP contribution in [0.1, 0.15) is 15.9 Å². The maximum absolute atomic E-state index is 13.5. The third-order valence-corrected chi connectivity index (χ3v) is 3.60. The Kier molecular flexibility index (Phi) is 4.44. The molecule has 0 aliphatic rings. The second-order valence-electron chi connectivity index (χ2n) is 5.16. The Labute approximate surface area is 134 Å². The number of ketones is 1. The van der Waals surface area contributed by atoms with E-state index in [1.165, 1.54) is 18.2 Å². The largest absolute Gasteiger partial charge is 0.289 e. The first kappa shape index (κ1) is 14.9. The third-order valence-electron chi connectivity index (χ3n) is 3.60. The zero-order valence-corrected chi connectivity index (χ0v) is 12.4. The molecule has 0 unspecified atom stereocenters. The van der Waals surface area contributed by atoms with Crippen molar-refractivity contribution in [3.05, 3.63) is 102 Å². The number of carbonyl (C=O) groups excluding carboxylic acids is 1. The number of halogens is 1. The molecule has 3 aromatic carbocycles. The van der Waals surface area contributed by atoms with Gasteiger partial charge >= 0.3 is 0 Å². The average molecular weight is 302 g/mol. The van der Waals surface area contributed by atoms with Crippen molar-refractivity contribution in [1.29, 1.82) is 0 Å². The van der Waals surface area contributed by atoms with E-state index in [0.29, 0.717) is 11.1 Å². The van der Waals surface area contributed by atoms with Gasteiger partial charge in [-0.3, -0.25) is 4.79 Å². The molecule has 0 aliphatic heterocycles. The smallest absolute Gasteiger partial charge is 0.185 e. The Morgan fingerprint density at radius 2 is 1.35 bits per heavy atom. The van der Waals surface area contributed by atoms with Crippen LogP contribution >= 0.6 is 0 Å². The Balaban J connectivity index is 1.77. The van der Waals surface area contributed by atoms with Crippen LogP contribution in [0.5, 0.6) is 0 Å². The van der Waals surface area contributed by atoms with Crippen molar-refractivity contribution in [3.63, 3.8) is 0 Å². The van der Waals surface area contributed by atoms with Gasteiger partial charge in [0.15, 0.2) is 5.78 Å². The number of rotatable bonds is 4. The van der Waals surface area contributed by atoms with E-state index in [2.05, 4.69) is 0 Å². The maximum Gasteiger partial charge on any atom is 0.185 e. The fourth-order valence-electron chi connectivity index (χ4n) is 2.33. The van der Waals surface area contributed by atoms with Gasteiger partial charge in [-0.25, -0.2) is 4.39 Å². The molecule has 0 spiro atoms. The van der Waals surface area contributed by atoms with Crippen LogP contribution in [0, 0.1) is 5.82 Å². The molecule has 3 rings (SSSR count). The number of hydrogen-bond donors (Lipinski definition) is 0. The molecule has 0 aliphatic carbocycles. The van der Waals surface area contributed by atoms with E-state index in [-0.39, 0.29) is 11.6 Å². The van der Waals surface area contributed by atoms with E-state index in [1.807, 2.05) is 42.5 Å². The molecule has 112 valence electrons. The molecular weight excluding hydrogens is 287 g/mol. The van der Waals surface area contributed by atoms with Crippen LogP contribution in [0.25, 0.3) is 17.2 Å². The first-order chi connectivity index (χ1) is 11.2. The minimum Gasteiger partial charge on any atom is -0.289 e. The van der Waals surface area contributed by atoms with E-state index in [1.54, 1.807) is 30.3 Å². The molecule has 0 fully saturated rings. The minimum atomic E-state index is -0.337. The maximum atomic E-state index is 13.5. The quantitative estimate of drug-likeness (QED) is 0.466. The fraction of sp³-hybridized carbons (Fsp3) is 0. The van der Waals surface area contributed by atoms with Crippen molar-refractivity contribution in [2.45, 2.75) is 0 Å². The van der Waals surface area contributed by atoms with Crippen molar-refractivity contribution in [3.8, 4) is 11.1 Å². The predicted molar refractivity (Wildman–Crippen MR) is 91.6 cm³/mol. The normalized spacial score (nSPS) is 10.8. The van der Waals surface area contributed by atoms with Crippen LogP contribution in [-0.4, -0.2) is 5.78 Å². The summed E-state index contributed by atoms with van der Waals surface area (Å²) < 4.78 is 13.5. The zero-order chi connectivity index (χ0) is 16.1. The summed E-state index contributed by atoms with van der Waals surface area (Å²) in [5.41, 5.74) is 3.15. The topological polar surface area (TPSA) is 17.1 Å². The van der Waals surface area contributed by atoms with E-state index in [0.717, 1.165) is 11.1 Å². The van der Waals surface area contributed by atoms with Gasteiger partial charge in [0.1, 0.15) is 5.82 Å². The Morgan fingerprint density at radius 3 is 2.04 bits per heavy atom. The SMILES string of the molecule is O=C(C=Cc1ccccc1F)c1ccc(-c2ccccc2)cc1. The highest BCUT2D eigenvalue weighted by Gasteiger charge is 2.04. The molecule has 0 saturated heterocycles. The molecule has 1 nitrogen and oxygen atoms in total. The molecule has 2 heteroatoms. The van der Waals surface area contributed by atoms with Crippen molar-refractivity contribution < 1.29 is 9.18 Å². The lowest BCUT2D eigenvalue weighted by molar-refractivity contribution is 0.104. The second kappa shape index (κ2) is 6.84. The molecule has 0 amide bonds. The number of hydrogen-bond acceptors (Lipinski definition) is 1. The van der Waals surface area contributed by atoms with Crippen LogP contribution in [0.15, 0.2) is 84.9 Å². The lowest BCUT2D eigenvalue weighted by Gasteiger charge is -2.02. The van der Waals surface area contributed by atoms with Gasteiger partial charge in [0.2, 0.25) is 0 Å². The number of benzene rings is 3. The fourth-order valence-corrected chi connectivity index (χ4v) is 2.33. The molecule has 0 saturated carbocycles. The highest BCUT2D eigenvalue weighted by molar-refractivity contribution is 6.07. The van der Waals surface area contributed by atoms with E-state index in [4.69, 9.17) is 0 Å². The molecule has 0 radical (unpaired) electrons. The van der Waals surface area contributed by atoms with Crippen molar-refractivity contribution >= 4 is 11.9 Å². The molecule has 0 N–H and O–H groups in total. The average Bonchev–Trinajstić information content (AvgIpc) is 2.62. The van der Waals surface area contributed by atoms with Gasteiger partial charge in [0, 0.05) is 11.1 Å². The Bertz CT molecular complexity index is 833. The Morgan fingerprint density at radius 1 is 0.739 bits per heavy atom. The zero-order valence-electron chi connectivity index (χ0n) is 12.4. The molecular formula is C21H15FO. The number of allylic oxidation sites excluding steroid dienone is 1. The summed E-state index contributed by atoms with van der Waals surface area (Å²) >= 11 is 0. The second-order valence-corrected chi connectivity index (χ2v) is 5.16. The van der Waals surface area contributed by atoms with Crippen molar-refractivity contribution in [1.82, 2.24) is 0 Å². The molecule has 23 heavy (non-hydrogen) atoms. The van der Waals surface area contributed by atoms with Gasteiger partial charge in [-0.05, 0) is 29.3 Å². The van der Waals surface area contributed by atoms with E-state index >= 15 is 0 Å². The van der Waals surface area contributed by atoms with E-state index < -0.39 is 0 Å². The molecule has 0 bridgehead atoms. The molecule has 0 aromatic heterocycles. The van der Waals surface area contributed by atoms with Gasteiger partial charge in [-0.15, -0.1) is 0 Å². The monoisotopic (exact) mass is 302 g/mol. The third kappa shape index (κ3) is 3.61. The summed E-state index contributed by atoms with van der Waals surface area (Å²) in [5.74, 6) is -0.483. The van der Waals surface area contributed by atoms with Crippen molar-refractivity contribution in [2.24, 2.45) is 0 Å². The van der Waals surface area contributed by atoms with Gasteiger partial charge in [0.05, 0.1) is 0 Å². The highest BCUT2D eigenvalue weighted by atomic mass is 19.1. The van der Waals surface area contributed by atoms with Gasteiger partial charge in [0.25, 0.3) is 0 Å². The highest BCUT2D eigenvalue weighted by Crippen LogP contribution is 2.19. The van der Waals surface area contributed by atoms with Crippen LogP contribution < -0.4 is 0 Å². The molecule has 0 atom stereocenters. The minimum absolute atomic E-state index is 0.145. The molecule has 0 heterocycles. The van der Waals surface area contributed by atoms with Crippen LogP contribution in [0.3, 0.4) is 0 Å². The summed E-state index contributed by atoms with van der Waals surface area (Å²) in [4.78, 5) is 12.2. The van der Waals surface area contributed by atoms with Crippen LogP contribution in [0.4, 0.5) is 4.39 Å². The summed E-state index contributed by atoms with van der Waals surface area (Å²) in [6.45, 7) is 0. The summed E-state index contributed by atoms with van der Waals surface area (Å²) in [6, 6.07) is 23.7. The predicted octanol–water partition coefficient (Wildman–Crippen LogP) is 5.39. The van der Waals surface area contributed by atoms with E-state index in [9.17, 15) is 9.18 Å². The van der Waals surface area contributed by atoms with Crippen LogP contribution in [-0.2, 0) is 0 Å². The lowest BCUT2D eigenvalue weighted by atomic mass is 10.0. The first-order valence-electron chi connectivity index (χ1n) is 7.36. The van der Waals surface area contributed by atoms with Gasteiger partial charge in [-0.2, -0.15) is 0 Å². The Hall–Kier alpha value is -3.00. The molecule has 3 aromatic rings. The number of carbonyl (C=O) groups is 1. The summed E-state index contributed by atoms with van der Waals surface area (Å²) in [6.07, 6.45) is 2.90. The lowest BCUT2D eigenvalue weighted by Crippen LogP contribution is -1.94. The standard InChI is InChI=1S/C21H15FO/c22-20-9-5-4-8-18(20)14-15-21(23)19-12-10-17(11-13-19)16-6-2-1-3-7-16/h1-15H. The van der Waals surface area contributed by atoms with Gasteiger partial charge < -0.3 is 0 Å². The van der Waals surface area contributed by atoms with Gasteiger partial charge in [-0.1, -0.05) is 72.8 Å². The van der Waals surface area contributed by atoms with Crippen molar-refractivity contribution in [2.75, 3.05) is 0 Å². The first-order valence-corrected chi connectivity index (χ1v) is 7.36.